The van der Waals surface area contributed by atoms with Crippen molar-refractivity contribution in [2.45, 2.75) is 6.42 Å². The summed E-state index contributed by atoms with van der Waals surface area (Å²) in [6.45, 7) is 0.194. The van der Waals surface area contributed by atoms with E-state index < -0.39 is 0 Å². The lowest BCUT2D eigenvalue weighted by molar-refractivity contribution is -0.114. The van der Waals surface area contributed by atoms with Crippen molar-refractivity contribution in [2.24, 2.45) is 8.73 Å². The number of fused-ring (bicyclic) bond motifs is 4. The summed E-state index contributed by atoms with van der Waals surface area (Å²) in [5.74, 6) is -0.112. The monoisotopic (exact) mass is 372 g/mol. The molecule has 0 bridgehead atoms. The van der Waals surface area contributed by atoms with Crippen molar-refractivity contribution in [1.29, 1.82) is 0 Å². The van der Waals surface area contributed by atoms with Crippen LogP contribution in [0, 0.1) is 0 Å². The normalized spacial score (nSPS) is 12.7. The second-order valence-corrected chi connectivity index (χ2v) is 7.07. The summed E-state index contributed by atoms with van der Waals surface area (Å²) in [6, 6.07) is 20.4. The smallest absolute Gasteiger partial charge is 0.243 e. The molecule has 3 aromatic carbocycles. The maximum atomic E-state index is 12.3. The summed E-state index contributed by atoms with van der Waals surface area (Å²) < 4.78 is 8.44. The molecule has 2 aliphatic rings. The molecule has 0 unspecified atom stereocenters. The minimum atomic E-state index is -0.112. The van der Waals surface area contributed by atoms with E-state index >= 15 is 0 Å². The van der Waals surface area contributed by atoms with Gasteiger partial charge in [-0.2, -0.15) is 8.73 Å². The molecular formula is C21H16N4OS. The van der Waals surface area contributed by atoms with E-state index in [4.69, 9.17) is 0 Å². The van der Waals surface area contributed by atoms with Gasteiger partial charge in [-0.15, -0.1) is 0 Å². The Balaban J connectivity index is 1.26. The molecule has 5 rings (SSSR count). The Bertz CT molecular complexity index is 1150. The van der Waals surface area contributed by atoms with Gasteiger partial charge in [-0.1, -0.05) is 36.4 Å². The van der Waals surface area contributed by atoms with Crippen LogP contribution in [0.25, 0.3) is 11.1 Å². The molecule has 0 radical (unpaired) electrons. The quantitative estimate of drug-likeness (QED) is 0.464. The molecule has 0 spiro atoms. The Kier molecular flexibility index (Phi) is 3.83. The zero-order valence-electron chi connectivity index (χ0n) is 14.4. The number of benzene rings is 3. The minimum Gasteiger partial charge on any atom is -0.376 e. The van der Waals surface area contributed by atoms with Crippen LogP contribution in [0.3, 0.4) is 0 Å². The SMILES string of the molecule is O=C(CNc1ccc2c(c1)Cc1ccccc1-2)Nc1cccc2c1N=S=N2. The number of hydrogen-bond acceptors (Lipinski definition) is 4. The second-order valence-electron chi connectivity index (χ2n) is 6.55. The summed E-state index contributed by atoms with van der Waals surface area (Å²) in [4.78, 5) is 12.3. The molecule has 3 aromatic rings. The lowest BCUT2D eigenvalue weighted by Crippen LogP contribution is -2.21. The average molecular weight is 372 g/mol. The predicted molar refractivity (Wildman–Crippen MR) is 110 cm³/mol. The van der Waals surface area contributed by atoms with Gasteiger partial charge in [0.1, 0.15) is 11.4 Å². The lowest BCUT2D eigenvalue weighted by atomic mass is 10.1. The Morgan fingerprint density at radius 2 is 1.85 bits per heavy atom. The first-order valence-corrected chi connectivity index (χ1v) is 9.47. The molecule has 1 aliphatic heterocycles. The third-order valence-electron chi connectivity index (χ3n) is 4.81. The van der Waals surface area contributed by atoms with E-state index in [2.05, 4.69) is 55.8 Å². The zero-order valence-corrected chi connectivity index (χ0v) is 15.2. The maximum absolute atomic E-state index is 12.3. The fraction of sp³-hybridized carbons (Fsp3) is 0.0952. The summed E-state index contributed by atoms with van der Waals surface area (Å²) in [7, 11) is 0. The van der Waals surface area contributed by atoms with Gasteiger partial charge < -0.3 is 10.6 Å². The van der Waals surface area contributed by atoms with E-state index in [1.807, 2.05) is 24.3 Å². The van der Waals surface area contributed by atoms with Crippen LogP contribution in [0.2, 0.25) is 0 Å². The van der Waals surface area contributed by atoms with Crippen molar-refractivity contribution >= 4 is 40.0 Å². The van der Waals surface area contributed by atoms with E-state index in [9.17, 15) is 4.79 Å². The van der Waals surface area contributed by atoms with Crippen LogP contribution in [-0.4, -0.2) is 12.5 Å². The first-order chi connectivity index (χ1) is 13.3. The zero-order chi connectivity index (χ0) is 18.2. The Morgan fingerprint density at radius 1 is 0.963 bits per heavy atom. The Morgan fingerprint density at radius 3 is 2.81 bits per heavy atom. The van der Waals surface area contributed by atoms with Gasteiger partial charge in [-0.3, -0.25) is 4.79 Å². The van der Waals surface area contributed by atoms with Crippen molar-refractivity contribution in [3.8, 4) is 11.1 Å². The Labute approximate surface area is 160 Å². The molecule has 2 N–H and O–H groups in total. The predicted octanol–water partition coefficient (Wildman–Crippen LogP) is 5.03. The van der Waals surface area contributed by atoms with Crippen molar-refractivity contribution in [3.05, 3.63) is 71.8 Å². The number of nitrogens with one attached hydrogen (secondary N) is 2. The van der Waals surface area contributed by atoms with Gasteiger partial charge in [0.15, 0.2) is 0 Å². The maximum Gasteiger partial charge on any atom is 0.243 e. The van der Waals surface area contributed by atoms with E-state index in [-0.39, 0.29) is 12.5 Å². The van der Waals surface area contributed by atoms with E-state index in [1.165, 1.54) is 22.3 Å². The first kappa shape index (κ1) is 16.0. The Hall–Kier alpha value is -3.25. The molecule has 0 saturated carbocycles. The summed E-state index contributed by atoms with van der Waals surface area (Å²) in [5.41, 5.74) is 8.40. The largest absolute Gasteiger partial charge is 0.376 e. The third kappa shape index (κ3) is 2.94. The van der Waals surface area contributed by atoms with Crippen LogP contribution in [0.1, 0.15) is 11.1 Å². The van der Waals surface area contributed by atoms with Gasteiger partial charge in [0.05, 0.1) is 23.6 Å². The van der Waals surface area contributed by atoms with Crippen molar-refractivity contribution < 1.29 is 4.79 Å². The number of amides is 1. The minimum absolute atomic E-state index is 0.112. The molecule has 5 nitrogen and oxygen atoms in total. The highest BCUT2D eigenvalue weighted by atomic mass is 32.1. The molecule has 0 fully saturated rings. The van der Waals surface area contributed by atoms with Gasteiger partial charge in [-0.25, -0.2) is 0 Å². The van der Waals surface area contributed by atoms with Crippen LogP contribution in [0.15, 0.2) is 69.4 Å². The van der Waals surface area contributed by atoms with Gasteiger partial charge >= 0.3 is 0 Å². The fourth-order valence-electron chi connectivity index (χ4n) is 3.54. The molecule has 6 heteroatoms. The molecule has 1 amide bonds. The van der Waals surface area contributed by atoms with Crippen LogP contribution in [0.4, 0.5) is 22.7 Å². The first-order valence-electron chi connectivity index (χ1n) is 8.74. The molecule has 27 heavy (non-hydrogen) atoms. The molecule has 1 aliphatic carbocycles. The highest BCUT2D eigenvalue weighted by Gasteiger charge is 2.18. The highest BCUT2D eigenvalue weighted by molar-refractivity contribution is 7.58. The number of carbonyl (C=O) groups is 1. The van der Waals surface area contributed by atoms with Crippen LogP contribution in [0.5, 0.6) is 0 Å². The standard InChI is InChI=1S/C21H16N4OS/c26-20(23-18-6-3-7-19-21(18)25-27-24-19)12-22-15-8-9-17-14(11-15)10-13-4-1-2-5-16(13)17/h1-9,11,22H,10,12H2,(H,23,26). The summed E-state index contributed by atoms with van der Waals surface area (Å²) >= 11 is 1.14. The molecule has 0 aromatic heterocycles. The van der Waals surface area contributed by atoms with Gasteiger partial charge in [0, 0.05) is 5.69 Å². The van der Waals surface area contributed by atoms with Crippen molar-refractivity contribution in [3.63, 3.8) is 0 Å². The van der Waals surface area contributed by atoms with Crippen molar-refractivity contribution in [2.75, 3.05) is 17.2 Å². The third-order valence-corrected chi connectivity index (χ3v) is 5.35. The van der Waals surface area contributed by atoms with Crippen LogP contribution >= 0.6 is 0 Å². The molecule has 0 saturated heterocycles. The van der Waals surface area contributed by atoms with Gasteiger partial charge in [-0.05, 0) is 52.9 Å². The van der Waals surface area contributed by atoms with Gasteiger partial charge in [0.25, 0.3) is 0 Å². The lowest BCUT2D eigenvalue weighted by Gasteiger charge is -2.10. The second kappa shape index (κ2) is 6.48. The van der Waals surface area contributed by atoms with Gasteiger partial charge in [0.2, 0.25) is 5.91 Å². The summed E-state index contributed by atoms with van der Waals surface area (Å²) in [5, 5.41) is 6.13. The number of nitrogens with zero attached hydrogens (tertiary/aromatic N) is 2. The summed E-state index contributed by atoms with van der Waals surface area (Å²) in [6.07, 6.45) is 0.937. The molecule has 1 heterocycles. The molecular weight excluding hydrogens is 356 g/mol. The molecule has 0 atom stereocenters. The fourth-order valence-corrected chi connectivity index (χ4v) is 4.09. The average Bonchev–Trinajstić information content (AvgIpc) is 3.31. The number of anilines is 2. The van der Waals surface area contributed by atoms with Crippen LogP contribution in [-0.2, 0) is 22.6 Å². The number of hydrogen-bond donors (Lipinski definition) is 2. The topological polar surface area (TPSA) is 65.8 Å². The molecule has 132 valence electrons. The number of carbonyl (C=O) groups excluding carboxylic acids is 1. The van der Waals surface area contributed by atoms with E-state index in [1.54, 1.807) is 0 Å². The van der Waals surface area contributed by atoms with Crippen LogP contribution < -0.4 is 10.6 Å². The highest BCUT2D eigenvalue weighted by Crippen LogP contribution is 2.39. The van der Waals surface area contributed by atoms with E-state index in [0.717, 1.165) is 34.8 Å². The van der Waals surface area contributed by atoms with Crippen molar-refractivity contribution in [1.82, 2.24) is 0 Å². The number of rotatable bonds is 4. The van der Waals surface area contributed by atoms with E-state index in [0.29, 0.717) is 5.69 Å².